The van der Waals surface area contributed by atoms with Crippen LogP contribution in [0.3, 0.4) is 0 Å². The molecule has 0 bridgehead atoms. The van der Waals surface area contributed by atoms with Crippen LogP contribution in [0.1, 0.15) is 52.9 Å². The van der Waals surface area contributed by atoms with Crippen LogP contribution in [0.2, 0.25) is 0 Å². The van der Waals surface area contributed by atoms with Crippen molar-refractivity contribution in [3.8, 4) is 17.3 Å². The molecule has 1 aromatic carbocycles. The molecule has 4 aromatic rings. The Morgan fingerprint density at radius 3 is 2.59 bits per heavy atom. The minimum absolute atomic E-state index is 0.0818. The Kier molecular flexibility index (Phi) is 6.33. The summed E-state index contributed by atoms with van der Waals surface area (Å²) in [5.41, 5.74) is 4.22. The highest BCUT2D eigenvalue weighted by Gasteiger charge is 2.23. The number of nitrogens with zero attached hydrogens (tertiary/aromatic N) is 5. The van der Waals surface area contributed by atoms with Crippen LogP contribution in [0.4, 0.5) is 0 Å². The summed E-state index contributed by atoms with van der Waals surface area (Å²) in [6, 6.07) is 13.2. The molecule has 172 valence electrons. The largest absolute Gasteiger partial charge is 0.466 e. The van der Waals surface area contributed by atoms with Crippen LogP contribution in [-0.4, -0.2) is 32.1 Å². The van der Waals surface area contributed by atoms with Gasteiger partial charge in [-0.05, 0) is 57.5 Å². The van der Waals surface area contributed by atoms with Crippen LogP contribution < -0.4 is 0 Å². The van der Waals surface area contributed by atoms with Crippen LogP contribution in [0.5, 0.6) is 0 Å². The first-order chi connectivity index (χ1) is 16.3. The van der Waals surface area contributed by atoms with Crippen molar-refractivity contribution in [3.63, 3.8) is 0 Å². The lowest BCUT2D eigenvalue weighted by Gasteiger charge is -2.22. The molecule has 34 heavy (non-hydrogen) atoms. The molecule has 4 rings (SSSR count). The molecule has 0 aliphatic rings. The fourth-order valence-electron chi connectivity index (χ4n) is 4.05. The van der Waals surface area contributed by atoms with Crippen molar-refractivity contribution in [1.29, 1.82) is 5.26 Å². The Morgan fingerprint density at radius 1 is 1.26 bits per heavy atom. The Hall–Kier alpha value is -4.18. The van der Waals surface area contributed by atoms with Gasteiger partial charge < -0.3 is 9.32 Å². The van der Waals surface area contributed by atoms with Crippen LogP contribution in [-0.2, 0) is 6.54 Å². The number of furan rings is 1. The summed E-state index contributed by atoms with van der Waals surface area (Å²) in [6.07, 6.45) is 3.42. The number of rotatable bonds is 7. The second kappa shape index (κ2) is 9.36. The van der Waals surface area contributed by atoms with Gasteiger partial charge >= 0.3 is 0 Å². The number of fused-ring (bicyclic) bond motifs is 1. The number of amides is 1. The SMILES string of the molecule is C=CCN(Cc1ccc(C#N)cc1)C(=O)c1cc(-c2cc(C)oc2C)nc2c1cnn2C(C)C. The monoisotopic (exact) mass is 453 g/mol. The lowest BCUT2D eigenvalue weighted by Crippen LogP contribution is -2.31. The van der Waals surface area contributed by atoms with E-state index < -0.39 is 0 Å². The van der Waals surface area contributed by atoms with E-state index in [1.807, 2.05) is 56.6 Å². The van der Waals surface area contributed by atoms with E-state index >= 15 is 0 Å². The summed E-state index contributed by atoms with van der Waals surface area (Å²) in [4.78, 5) is 20.5. The van der Waals surface area contributed by atoms with E-state index in [-0.39, 0.29) is 11.9 Å². The number of aryl methyl sites for hydroxylation is 2. The van der Waals surface area contributed by atoms with Gasteiger partial charge in [-0.25, -0.2) is 9.67 Å². The minimum Gasteiger partial charge on any atom is -0.466 e. The van der Waals surface area contributed by atoms with Crippen LogP contribution in [0.25, 0.3) is 22.3 Å². The maximum Gasteiger partial charge on any atom is 0.255 e. The lowest BCUT2D eigenvalue weighted by atomic mass is 10.1. The molecule has 1 amide bonds. The molecule has 0 unspecified atom stereocenters. The molecular weight excluding hydrogens is 426 g/mol. The molecule has 0 atom stereocenters. The summed E-state index contributed by atoms with van der Waals surface area (Å²) in [6.45, 7) is 12.4. The third-order valence-corrected chi connectivity index (χ3v) is 5.70. The summed E-state index contributed by atoms with van der Waals surface area (Å²) in [5.74, 6) is 1.40. The first kappa shape index (κ1) is 23.0. The van der Waals surface area contributed by atoms with Crippen molar-refractivity contribution in [2.24, 2.45) is 0 Å². The van der Waals surface area contributed by atoms with Gasteiger partial charge in [0.05, 0.1) is 34.5 Å². The molecule has 0 fully saturated rings. The molecule has 0 N–H and O–H groups in total. The smallest absolute Gasteiger partial charge is 0.255 e. The predicted molar refractivity (Wildman–Crippen MR) is 131 cm³/mol. The number of nitriles is 1. The molecule has 7 nitrogen and oxygen atoms in total. The molecule has 0 saturated carbocycles. The van der Waals surface area contributed by atoms with Crippen molar-refractivity contribution in [3.05, 3.63) is 83.5 Å². The van der Waals surface area contributed by atoms with E-state index in [1.165, 1.54) is 0 Å². The van der Waals surface area contributed by atoms with E-state index in [1.54, 1.807) is 29.3 Å². The number of carbonyl (C=O) groups excluding carboxylic acids is 1. The first-order valence-corrected chi connectivity index (χ1v) is 11.2. The number of pyridine rings is 1. The topological polar surface area (TPSA) is 87.9 Å². The number of benzene rings is 1. The zero-order valence-corrected chi connectivity index (χ0v) is 19.9. The van der Waals surface area contributed by atoms with Gasteiger partial charge in [-0.2, -0.15) is 10.4 Å². The standard InChI is InChI=1S/C27H27N5O2/c1-6-11-31(16-21-9-7-20(14-28)8-10-21)27(33)23-13-25(22-12-18(4)34-19(22)5)30-26-24(23)15-29-32(26)17(2)3/h6-10,12-13,15,17H,1,11,16H2,2-5H3. The molecule has 0 saturated heterocycles. The van der Waals surface area contributed by atoms with Gasteiger partial charge in [-0.1, -0.05) is 18.2 Å². The second-order valence-corrected chi connectivity index (χ2v) is 8.59. The quantitative estimate of drug-likeness (QED) is 0.340. The van der Waals surface area contributed by atoms with Crippen molar-refractivity contribution >= 4 is 16.9 Å². The van der Waals surface area contributed by atoms with Gasteiger partial charge in [0.15, 0.2) is 5.65 Å². The molecule has 0 radical (unpaired) electrons. The maximum absolute atomic E-state index is 13.9. The highest BCUT2D eigenvalue weighted by atomic mass is 16.3. The van der Waals surface area contributed by atoms with E-state index in [9.17, 15) is 4.79 Å². The average Bonchev–Trinajstić information content (AvgIpc) is 3.40. The van der Waals surface area contributed by atoms with Crippen LogP contribution >= 0.6 is 0 Å². The molecule has 0 aliphatic heterocycles. The lowest BCUT2D eigenvalue weighted by molar-refractivity contribution is 0.0764. The summed E-state index contributed by atoms with van der Waals surface area (Å²) < 4.78 is 7.56. The number of aromatic nitrogens is 3. The van der Waals surface area contributed by atoms with Crippen LogP contribution in [0, 0.1) is 25.2 Å². The third-order valence-electron chi connectivity index (χ3n) is 5.70. The molecular formula is C27H27N5O2. The van der Waals surface area contributed by atoms with Gasteiger partial charge in [-0.3, -0.25) is 4.79 Å². The van der Waals surface area contributed by atoms with E-state index in [0.717, 1.165) is 22.6 Å². The molecule has 0 aliphatic carbocycles. The number of carbonyl (C=O) groups is 1. The highest BCUT2D eigenvalue weighted by molar-refractivity contribution is 6.06. The molecule has 7 heteroatoms. The van der Waals surface area contributed by atoms with E-state index in [0.29, 0.717) is 40.9 Å². The van der Waals surface area contributed by atoms with Gasteiger partial charge in [0.1, 0.15) is 11.5 Å². The Labute approximate surface area is 198 Å². The Bertz CT molecular complexity index is 1400. The van der Waals surface area contributed by atoms with Crippen molar-refractivity contribution < 1.29 is 9.21 Å². The second-order valence-electron chi connectivity index (χ2n) is 8.59. The Balaban J connectivity index is 1.83. The fraction of sp³-hybridized carbons (Fsp3) is 0.259. The van der Waals surface area contributed by atoms with E-state index in [4.69, 9.17) is 14.7 Å². The average molecular weight is 454 g/mol. The first-order valence-electron chi connectivity index (χ1n) is 11.2. The fourth-order valence-corrected chi connectivity index (χ4v) is 4.05. The normalized spacial score (nSPS) is 11.1. The van der Waals surface area contributed by atoms with Crippen molar-refractivity contribution in [2.45, 2.75) is 40.3 Å². The van der Waals surface area contributed by atoms with Gasteiger partial charge in [0.25, 0.3) is 5.91 Å². The Morgan fingerprint density at radius 2 is 2.00 bits per heavy atom. The summed E-state index contributed by atoms with van der Waals surface area (Å²) in [5, 5.41) is 14.3. The molecule has 3 heterocycles. The van der Waals surface area contributed by atoms with E-state index in [2.05, 4.69) is 17.7 Å². The van der Waals surface area contributed by atoms with Crippen molar-refractivity contribution in [2.75, 3.05) is 6.54 Å². The zero-order valence-electron chi connectivity index (χ0n) is 19.9. The third kappa shape index (κ3) is 4.35. The van der Waals surface area contributed by atoms with Gasteiger partial charge in [0, 0.05) is 24.7 Å². The number of hydrogen-bond donors (Lipinski definition) is 0. The van der Waals surface area contributed by atoms with Crippen LogP contribution in [0.15, 0.2) is 59.7 Å². The van der Waals surface area contributed by atoms with Crippen molar-refractivity contribution in [1.82, 2.24) is 19.7 Å². The minimum atomic E-state index is -0.140. The summed E-state index contributed by atoms with van der Waals surface area (Å²) >= 11 is 0. The maximum atomic E-state index is 13.9. The summed E-state index contributed by atoms with van der Waals surface area (Å²) in [7, 11) is 0. The number of hydrogen-bond acceptors (Lipinski definition) is 5. The predicted octanol–water partition coefficient (Wildman–Crippen LogP) is 5.59. The van der Waals surface area contributed by atoms with Gasteiger partial charge in [0.2, 0.25) is 0 Å². The molecule has 3 aromatic heterocycles. The molecule has 0 spiro atoms. The highest BCUT2D eigenvalue weighted by Crippen LogP contribution is 2.31. The zero-order chi connectivity index (χ0) is 24.4. The van der Waals surface area contributed by atoms with Gasteiger partial charge in [-0.15, -0.1) is 6.58 Å².